The van der Waals surface area contributed by atoms with E-state index in [1.54, 1.807) is 0 Å². The van der Waals surface area contributed by atoms with Gasteiger partial charge < -0.3 is 10.4 Å². The SMILES string of the molecule is NS(=O)(=O)OC[C@@H]1CC[C@H](Nc2ncncc2C(=O)c2cc(C(O)c3cc(Cl)ccc3F)c(Cl)s2)C1. The van der Waals surface area contributed by atoms with Crippen molar-refractivity contribution in [1.29, 1.82) is 0 Å². The first-order valence-corrected chi connectivity index (χ1v) is 13.8. The fraction of sp³-hybridized carbons (Fsp3) is 0.318. The van der Waals surface area contributed by atoms with Crippen LogP contribution in [0.5, 0.6) is 0 Å². The Labute approximate surface area is 220 Å². The van der Waals surface area contributed by atoms with Crippen molar-refractivity contribution in [2.75, 3.05) is 11.9 Å². The molecule has 2 aromatic heterocycles. The van der Waals surface area contributed by atoms with Crippen molar-refractivity contribution in [3.05, 3.63) is 73.5 Å². The van der Waals surface area contributed by atoms with E-state index in [2.05, 4.69) is 15.3 Å². The number of hydrogen-bond donors (Lipinski definition) is 3. The van der Waals surface area contributed by atoms with Crippen LogP contribution in [0.1, 0.15) is 51.7 Å². The van der Waals surface area contributed by atoms with Crippen molar-refractivity contribution in [1.82, 2.24) is 9.97 Å². The van der Waals surface area contributed by atoms with Crippen molar-refractivity contribution in [2.24, 2.45) is 11.1 Å². The fourth-order valence-electron chi connectivity index (χ4n) is 4.06. The lowest BCUT2D eigenvalue weighted by molar-refractivity contribution is 0.104. The summed E-state index contributed by atoms with van der Waals surface area (Å²) in [5, 5.41) is 19.1. The third kappa shape index (κ3) is 6.38. The molecule has 1 unspecified atom stereocenters. The van der Waals surface area contributed by atoms with E-state index in [-0.39, 0.29) is 49.5 Å². The van der Waals surface area contributed by atoms with E-state index >= 15 is 0 Å². The third-order valence-corrected chi connectivity index (χ3v) is 7.88. The average Bonchev–Trinajstić information content (AvgIpc) is 3.44. The molecule has 3 aromatic rings. The van der Waals surface area contributed by atoms with Crippen LogP contribution in [0.2, 0.25) is 9.36 Å². The average molecular weight is 575 g/mol. The molecule has 1 aromatic carbocycles. The smallest absolute Gasteiger partial charge is 0.333 e. The lowest BCUT2D eigenvalue weighted by Gasteiger charge is -2.15. The molecular formula is C22H21Cl2FN4O5S2. The van der Waals surface area contributed by atoms with Gasteiger partial charge >= 0.3 is 10.3 Å². The lowest BCUT2D eigenvalue weighted by Crippen LogP contribution is -2.22. The van der Waals surface area contributed by atoms with Gasteiger partial charge in [-0.05, 0) is 49.4 Å². The van der Waals surface area contributed by atoms with Gasteiger partial charge in [-0.25, -0.2) is 19.5 Å². The number of nitrogens with two attached hydrogens (primary N) is 1. The van der Waals surface area contributed by atoms with Crippen LogP contribution in [0.25, 0.3) is 0 Å². The molecule has 3 atom stereocenters. The van der Waals surface area contributed by atoms with Gasteiger partial charge in [0.1, 0.15) is 24.1 Å². The topological polar surface area (TPSA) is 144 Å². The predicted molar refractivity (Wildman–Crippen MR) is 134 cm³/mol. The summed E-state index contributed by atoms with van der Waals surface area (Å²) in [5.41, 5.74) is 0.300. The second kappa shape index (κ2) is 11.1. The minimum atomic E-state index is -4.01. The summed E-state index contributed by atoms with van der Waals surface area (Å²) in [5.74, 6) is -0.800. The number of nitrogens with zero attached hydrogens (tertiary/aromatic N) is 2. The highest BCUT2D eigenvalue weighted by Crippen LogP contribution is 2.38. The number of aromatic nitrogens is 2. The summed E-state index contributed by atoms with van der Waals surface area (Å²) in [6.45, 7) is -0.0153. The van der Waals surface area contributed by atoms with E-state index < -0.39 is 28.0 Å². The zero-order valence-corrected chi connectivity index (χ0v) is 21.7. The van der Waals surface area contributed by atoms with E-state index in [0.717, 1.165) is 17.4 Å². The highest BCUT2D eigenvalue weighted by atomic mass is 35.5. The van der Waals surface area contributed by atoms with Gasteiger partial charge in [0.25, 0.3) is 0 Å². The molecule has 0 saturated heterocycles. The molecule has 0 bridgehead atoms. The molecule has 0 aliphatic heterocycles. The van der Waals surface area contributed by atoms with Crippen LogP contribution in [0, 0.1) is 11.7 Å². The zero-order chi connectivity index (χ0) is 26.0. The summed E-state index contributed by atoms with van der Waals surface area (Å²) in [4.78, 5) is 21.7. The summed E-state index contributed by atoms with van der Waals surface area (Å²) >= 11 is 13.2. The molecule has 1 fully saturated rings. The second-order valence-corrected chi connectivity index (χ2v) is 11.6. The Balaban J connectivity index is 1.51. The maximum atomic E-state index is 14.3. The first-order chi connectivity index (χ1) is 17.0. The van der Waals surface area contributed by atoms with Crippen LogP contribution in [-0.2, 0) is 14.5 Å². The molecule has 1 aliphatic carbocycles. The number of aliphatic hydroxyl groups is 1. The van der Waals surface area contributed by atoms with Crippen LogP contribution in [0.15, 0.2) is 36.8 Å². The van der Waals surface area contributed by atoms with Gasteiger partial charge in [-0.1, -0.05) is 23.2 Å². The summed E-state index contributed by atoms with van der Waals surface area (Å²) in [6.07, 6.45) is 3.27. The molecule has 1 aliphatic rings. The maximum absolute atomic E-state index is 14.3. The van der Waals surface area contributed by atoms with E-state index in [1.807, 2.05) is 0 Å². The number of nitrogens with one attached hydrogen (secondary N) is 1. The summed E-state index contributed by atoms with van der Waals surface area (Å²) in [6, 6.07) is 5.14. The van der Waals surface area contributed by atoms with Gasteiger partial charge in [-0.15, -0.1) is 11.3 Å². The third-order valence-electron chi connectivity index (χ3n) is 5.79. The Hall–Kier alpha value is -2.19. The minimum Gasteiger partial charge on any atom is -0.383 e. The monoisotopic (exact) mass is 574 g/mol. The Morgan fingerprint density at radius 2 is 2.08 bits per heavy atom. The number of carbonyl (C=O) groups is 1. The van der Waals surface area contributed by atoms with Crippen LogP contribution in [0.4, 0.5) is 10.2 Å². The normalized spacial score (nSPS) is 18.8. The molecule has 0 amide bonds. The van der Waals surface area contributed by atoms with Gasteiger partial charge in [0, 0.05) is 28.4 Å². The quantitative estimate of drug-likeness (QED) is 0.324. The Morgan fingerprint density at radius 3 is 2.83 bits per heavy atom. The van der Waals surface area contributed by atoms with E-state index in [4.69, 9.17) is 32.5 Å². The Bertz CT molecular complexity index is 1390. The van der Waals surface area contributed by atoms with Gasteiger partial charge in [0.2, 0.25) is 5.78 Å². The second-order valence-electron chi connectivity index (χ2n) is 8.32. The first kappa shape index (κ1) is 26.9. The van der Waals surface area contributed by atoms with Crippen LogP contribution < -0.4 is 10.5 Å². The van der Waals surface area contributed by atoms with E-state index in [0.29, 0.717) is 25.1 Å². The number of benzene rings is 1. The standard InChI is InChI=1S/C22H21Cl2FN4O5S2/c23-12-2-4-17(25)14(6-12)19(30)15-7-18(35-21(15)24)20(31)16-8-27-10-28-22(16)29-13-3-1-11(5-13)9-34-36(26,32)33/h2,4,6-8,10-11,13,19,30H,1,3,5,9H2,(H2,26,32,33)(H,27,28,29)/t11-,13+,19?/m1/s1. The van der Waals surface area contributed by atoms with Gasteiger partial charge in [0.15, 0.2) is 0 Å². The number of halogens is 3. The highest BCUT2D eigenvalue weighted by Gasteiger charge is 2.29. The number of carbonyl (C=O) groups excluding carboxylic acids is 1. The molecule has 0 spiro atoms. The van der Waals surface area contributed by atoms with Crippen molar-refractivity contribution in [2.45, 2.75) is 31.4 Å². The molecule has 4 rings (SSSR count). The predicted octanol–water partition coefficient (Wildman–Crippen LogP) is 4.10. The van der Waals surface area contributed by atoms with Crippen LogP contribution in [0.3, 0.4) is 0 Å². The molecule has 4 N–H and O–H groups in total. The maximum Gasteiger partial charge on any atom is 0.333 e. The summed E-state index contributed by atoms with van der Waals surface area (Å²) in [7, 11) is -4.01. The van der Waals surface area contributed by atoms with E-state index in [1.165, 1.54) is 30.7 Å². The van der Waals surface area contributed by atoms with Crippen molar-refractivity contribution in [3.8, 4) is 0 Å². The molecule has 0 radical (unpaired) electrons. The Morgan fingerprint density at radius 1 is 1.31 bits per heavy atom. The number of hydrogen-bond acceptors (Lipinski definition) is 9. The van der Waals surface area contributed by atoms with Crippen LogP contribution in [-0.4, -0.2) is 41.9 Å². The number of thiophene rings is 1. The number of aliphatic hydroxyl groups excluding tert-OH is 1. The lowest BCUT2D eigenvalue weighted by atomic mass is 10.0. The molecule has 9 nitrogen and oxygen atoms in total. The molecule has 36 heavy (non-hydrogen) atoms. The highest BCUT2D eigenvalue weighted by molar-refractivity contribution is 7.84. The van der Waals surface area contributed by atoms with Gasteiger partial charge in [0.05, 0.1) is 21.4 Å². The molecule has 1 saturated carbocycles. The molecular weight excluding hydrogens is 554 g/mol. The number of rotatable bonds is 9. The van der Waals surface area contributed by atoms with Crippen molar-refractivity contribution in [3.63, 3.8) is 0 Å². The van der Waals surface area contributed by atoms with E-state index in [9.17, 15) is 22.7 Å². The van der Waals surface area contributed by atoms with Crippen molar-refractivity contribution >= 4 is 56.4 Å². The summed E-state index contributed by atoms with van der Waals surface area (Å²) < 4.78 is 41.1. The van der Waals surface area contributed by atoms with Crippen LogP contribution >= 0.6 is 34.5 Å². The first-order valence-electron chi connectivity index (χ1n) is 10.7. The largest absolute Gasteiger partial charge is 0.383 e. The molecule has 2 heterocycles. The van der Waals surface area contributed by atoms with Crippen molar-refractivity contribution < 1.29 is 26.9 Å². The van der Waals surface area contributed by atoms with Gasteiger partial charge in [-0.2, -0.15) is 8.42 Å². The minimum absolute atomic E-state index is 0.0153. The number of anilines is 1. The molecule has 192 valence electrons. The zero-order valence-electron chi connectivity index (χ0n) is 18.5. The van der Waals surface area contributed by atoms with Gasteiger partial charge in [-0.3, -0.25) is 8.98 Å². The number of ketones is 1. The Kier molecular flexibility index (Phi) is 8.25. The molecule has 14 heteroatoms. The fourth-order valence-corrected chi connectivity index (χ4v) is 5.90.